The zero-order valence-electron chi connectivity index (χ0n) is 14.4. The summed E-state index contributed by atoms with van der Waals surface area (Å²) in [4.78, 5) is 28.1. The van der Waals surface area contributed by atoms with Crippen LogP contribution in [-0.2, 0) is 9.59 Å². The highest BCUT2D eigenvalue weighted by Crippen LogP contribution is 2.35. The molecular formula is C21H15FN2O2S. The largest absolute Gasteiger partial charge is 0.350 e. The maximum Gasteiger partial charge on any atom is 0.282 e. The number of aryl methyl sites for hydroxylation is 1. The van der Waals surface area contributed by atoms with Crippen molar-refractivity contribution in [2.45, 2.75) is 6.92 Å². The lowest BCUT2D eigenvalue weighted by Crippen LogP contribution is -2.32. The van der Waals surface area contributed by atoms with Crippen LogP contribution in [0.3, 0.4) is 0 Å². The second kappa shape index (κ2) is 6.81. The molecule has 0 spiro atoms. The predicted octanol–water partition coefficient (Wildman–Crippen LogP) is 4.59. The molecule has 0 fully saturated rings. The molecule has 2 heterocycles. The zero-order chi connectivity index (χ0) is 19.0. The van der Waals surface area contributed by atoms with Gasteiger partial charge < -0.3 is 5.32 Å². The average molecular weight is 378 g/mol. The van der Waals surface area contributed by atoms with E-state index in [0.29, 0.717) is 21.8 Å². The van der Waals surface area contributed by atoms with Crippen LogP contribution >= 0.6 is 11.3 Å². The highest BCUT2D eigenvalue weighted by atomic mass is 32.1. The van der Waals surface area contributed by atoms with Crippen LogP contribution in [0.15, 0.2) is 71.7 Å². The Balaban J connectivity index is 1.79. The second-order valence-corrected chi connectivity index (χ2v) is 7.09. The molecule has 2 aromatic carbocycles. The molecule has 1 aliphatic heterocycles. The maximum atomic E-state index is 13.2. The summed E-state index contributed by atoms with van der Waals surface area (Å²) in [6.45, 7) is 1.90. The van der Waals surface area contributed by atoms with Gasteiger partial charge in [-0.05, 0) is 60.3 Å². The van der Waals surface area contributed by atoms with Crippen molar-refractivity contribution in [2.75, 3.05) is 10.2 Å². The molecule has 134 valence electrons. The normalized spacial score (nSPS) is 14.2. The van der Waals surface area contributed by atoms with Crippen LogP contribution in [0.2, 0.25) is 0 Å². The van der Waals surface area contributed by atoms with E-state index in [0.717, 1.165) is 5.56 Å². The molecule has 0 atom stereocenters. The van der Waals surface area contributed by atoms with Crippen molar-refractivity contribution in [1.29, 1.82) is 0 Å². The topological polar surface area (TPSA) is 49.4 Å². The lowest BCUT2D eigenvalue weighted by atomic mass is 10.1. The standard InChI is InChI=1S/C21H15FN2O2S/c1-13-4-2-5-16(12-13)24-20(25)18(17-6-3-11-27-17)19(21(24)26)23-15-9-7-14(22)8-10-15/h2-12,23H,1H3. The number of carbonyl (C=O) groups is 2. The number of hydrogen-bond acceptors (Lipinski definition) is 4. The predicted molar refractivity (Wildman–Crippen MR) is 105 cm³/mol. The molecule has 0 bridgehead atoms. The Morgan fingerprint density at radius 1 is 0.963 bits per heavy atom. The number of rotatable bonds is 4. The highest BCUT2D eigenvalue weighted by molar-refractivity contribution is 7.11. The van der Waals surface area contributed by atoms with Crippen LogP contribution in [0.25, 0.3) is 5.57 Å². The molecule has 6 heteroatoms. The lowest BCUT2D eigenvalue weighted by Gasteiger charge is -2.16. The molecular weight excluding hydrogens is 363 g/mol. The summed E-state index contributed by atoms with van der Waals surface area (Å²) in [7, 11) is 0. The van der Waals surface area contributed by atoms with Crippen molar-refractivity contribution in [2.24, 2.45) is 0 Å². The average Bonchev–Trinajstić information content (AvgIpc) is 3.24. The van der Waals surface area contributed by atoms with Gasteiger partial charge in [-0.3, -0.25) is 9.59 Å². The quantitative estimate of drug-likeness (QED) is 0.676. The number of halogens is 1. The van der Waals surface area contributed by atoms with E-state index in [2.05, 4.69) is 5.32 Å². The van der Waals surface area contributed by atoms with Crippen molar-refractivity contribution in [3.8, 4) is 0 Å². The Hall–Kier alpha value is -3.25. The first kappa shape index (κ1) is 17.2. The minimum Gasteiger partial charge on any atom is -0.350 e. The Morgan fingerprint density at radius 3 is 2.41 bits per heavy atom. The fourth-order valence-corrected chi connectivity index (χ4v) is 3.74. The highest BCUT2D eigenvalue weighted by Gasteiger charge is 2.40. The SMILES string of the molecule is Cc1cccc(N2C(=O)C(Nc3ccc(F)cc3)=C(c3cccs3)C2=O)c1. The van der Waals surface area contributed by atoms with Crippen molar-refractivity contribution < 1.29 is 14.0 Å². The molecule has 27 heavy (non-hydrogen) atoms. The Morgan fingerprint density at radius 2 is 1.74 bits per heavy atom. The summed E-state index contributed by atoms with van der Waals surface area (Å²) in [5.74, 6) is -1.18. The van der Waals surface area contributed by atoms with E-state index in [1.165, 1.54) is 40.5 Å². The fourth-order valence-electron chi connectivity index (χ4n) is 2.97. The van der Waals surface area contributed by atoms with Crippen LogP contribution < -0.4 is 10.2 Å². The van der Waals surface area contributed by atoms with Crippen molar-refractivity contribution in [1.82, 2.24) is 0 Å². The van der Waals surface area contributed by atoms with Crippen LogP contribution in [-0.4, -0.2) is 11.8 Å². The molecule has 4 nitrogen and oxygen atoms in total. The number of benzene rings is 2. The van der Waals surface area contributed by atoms with Crippen LogP contribution in [0.4, 0.5) is 15.8 Å². The van der Waals surface area contributed by atoms with Gasteiger partial charge in [0, 0.05) is 10.6 Å². The Kier molecular flexibility index (Phi) is 4.33. The molecule has 0 unspecified atom stereocenters. The van der Waals surface area contributed by atoms with E-state index in [1.807, 2.05) is 24.4 Å². The first-order valence-corrected chi connectivity index (χ1v) is 9.19. The van der Waals surface area contributed by atoms with Gasteiger partial charge in [-0.15, -0.1) is 11.3 Å². The molecule has 1 N–H and O–H groups in total. The van der Waals surface area contributed by atoms with Crippen molar-refractivity contribution in [3.63, 3.8) is 0 Å². The summed E-state index contributed by atoms with van der Waals surface area (Å²) >= 11 is 1.39. The van der Waals surface area contributed by atoms with Crippen LogP contribution in [0, 0.1) is 12.7 Å². The third-order valence-corrected chi connectivity index (χ3v) is 5.11. The van der Waals surface area contributed by atoms with E-state index in [1.54, 1.807) is 24.3 Å². The molecule has 0 aliphatic carbocycles. The smallest absolute Gasteiger partial charge is 0.282 e. The summed E-state index contributed by atoms with van der Waals surface area (Å²) in [6.07, 6.45) is 0. The molecule has 0 saturated carbocycles. The molecule has 0 radical (unpaired) electrons. The molecule has 1 aliphatic rings. The monoisotopic (exact) mass is 378 g/mol. The van der Waals surface area contributed by atoms with Gasteiger partial charge in [-0.2, -0.15) is 0 Å². The summed E-state index contributed by atoms with van der Waals surface area (Å²) in [5.41, 5.74) is 2.52. The van der Waals surface area contributed by atoms with Gasteiger partial charge in [0.05, 0.1) is 11.3 Å². The van der Waals surface area contributed by atoms with Gasteiger partial charge in [-0.25, -0.2) is 9.29 Å². The van der Waals surface area contributed by atoms with Crippen molar-refractivity contribution >= 4 is 40.1 Å². The molecule has 1 aromatic heterocycles. The van der Waals surface area contributed by atoms with Gasteiger partial charge in [0.25, 0.3) is 11.8 Å². The minimum atomic E-state index is -0.432. The summed E-state index contributed by atoms with van der Waals surface area (Å²) < 4.78 is 13.2. The van der Waals surface area contributed by atoms with E-state index < -0.39 is 5.91 Å². The maximum absolute atomic E-state index is 13.2. The van der Waals surface area contributed by atoms with Crippen LogP contribution in [0.1, 0.15) is 10.4 Å². The van der Waals surface area contributed by atoms with Gasteiger partial charge >= 0.3 is 0 Å². The van der Waals surface area contributed by atoms with Gasteiger partial charge in [0.2, 0.25) is 0 Å². The fraction of sp³-hybridized carbons (Fsp3) is 0.0476. The Labute approximate surface area is 159 Å². The van der Waals surface area contributed by atoms with E-state index in [9.17, 15) is 14.0 Å². The first-order chi connectivity index (χ1) is 13.0. The van der Waals surface area contributed by atoms with E-state index in [4.69, 9.17) is 0 Å². The summed E-state index contributed by atoms with van der Waals surface area (Å²) in [6, 6.07) is 16.5. The number of imide groups is 1. The first-order valence-electron chi connectivity index (χ1n) is 8.31. The second-order valence-electron chi connectivity index (χ2n) is 6.14. The van der Waals surface area contributed by atoms with Crippen LogP contribution in [0.5, 0.6) is 0 Å². The number of carbonyl (C=O) groups excluding carboxylic acids is 2. The number of hydrogen-bond donors (Lipinski definition) is 1. The minimum absolute atomic E-state index is 0.190. The molecule has 4 rings (SSSR count). The molecule has 0 saturated heterocycles. The third-order valence-electron chi connectivity index (χ3n) is 4.22. The third kappa shape index (κ3) is 3.15. The summed E-state index contributed by atoms with van der Waals surface area (Å²) in [5, 5.41) is 4.86. The number of nitrogens with one attached hydrogen (secondary N) is 1. The van der Waals surface area contributed by atoms with E-state index in [-0.39, 0.29) is 17.4 Å². The molecule has 3 aromatic rings. The molecule has 2 amide bonds. The number of thiophene rings is 1. The lowest BCUT2D eigenvalue weighted by molar-refractivity contribution is -0.120. The zero-order valence-corrected chi connectivity index (χ0v) is 15.2. The van der Waals surface area contributed by atoms with Gasteiger partial charge in [0.15, 0.2) is 0 Å². The number of nitrogens with zero attached hydrogens (tertiary/aromatic N) is 1. The number of amides is 2. The van der Waals surface area contributed by atoms with Gasteiger partial charge in [0.1, 0.15) is 11.5 Å². The van der Waals surface area contributed by atoms with Crippen molar-refractivity contribution in [3.05, 3.63) is 88.0 Å². The Bertz CT molecular complexity index is 1060. The van der Waals surface area contributed by atoms with E-state index >= 15 is 0 Å². The van der Waals surface area contributed by atoms with Gasteiger partial charge in [-0.1, -0.05) is 18.2 Å². The number of anilines is 2.